The van der Waals surface area contributed by atoms with Crippen molar-refractivity contribution in [3.63, 3.8) is 0 Å². The summed E-state index contributed by atoms with van der Waals surface area (Å²) in [6, 6.07) is 18.0. The number of hydrogen-bond acceptors (Lipinski definition) is 10. The molecule has 2 aliphatic rings. The van der Waals surface area contributed by atoms with Gasteiger partial charge < -0.3 is 39.4 Å². The lowest BCUT2D eigenvalue weighted by atomic mass is 9.69. The molecule has 6 rings (SSSR count). The van der Waals surface area contributed by atoms with Crippen LogP contribution >= 0.6 is 0 Å². The highest BCUT2D eigenvalue weighted by molar-refractivity contribution is 6.11. The van der Waals surface area contributed by atoms with Gasteiger partial charge in [-0.25, -0.2) is 0 Å². The average Bonchev–Trinajstić information content (AvgIpc) is 2.96. The van der Waals surface area contributed by atoms with Crippen molar-refractivity contribution >= 4 is 11.6 Å². The molecule has 4 aromatic carbocycles. The molecule has 0 unspecified atom stereocenters. The van der Waals surface area contributed by atoms with E-state index in [1.165, 1.54) is 26.4 Å². The fourth-order valence-electron chi connectivity index (χ4n) is 5.72. The highest BCUT2D eigenvalue weighted by atomic mass is 16.5. The van der Waals surface area contributed by atoms with Crippen molar-refractivity contribution in [2.24, 2.45) is 11.8 Å². The molecule has 0 amide bonds. The van der Waals surface area contributed by atoms with Crippen LogP contribution in [0.5, 0.6) is 46.0 Å². The minimum atomic E-state index is -1.26. The van der Waals surface area contributed by atoms with Gasteiger partial charge in [0.1, 0.15) is 69.3 Å². The van der Waals surface area contributed by atoms with Crippen LogP contribution in [-0.4, -0.2) is 46.2 Å². The predicted octanol–water partition coefficient (Wildman–Crippen LogP) is 5.09. The van der Waals surface area contributed by atoms with E-state index in [-0.39, 0.29) is 34.1 Å². The molecule has 0 saturated carbocycles. The fraction of sp³-hybridized carbons (Fsp3) is 0.188. The Kier molecular flexibility index (Phi) is 6.53. The Morgan fingerprint density at radius 2 is 0.929 bits per heavy atom. The molecule has 4 N–H and O–H groups in total. The zero-order valence-corrected chi connectivity index (χ0v) is 22.5. The van der Waals surface area contributed by atoms with Gasteiger partial charge >= 0.3 is 0 Å². The summed E-state index contributed by atoms with van der Waals surface area (Å²) in [5.41, 5.74) is 0.656. The third-order valence-electron chi connectivity index (χ3n) is 7.67. The largest absolute Gasteiger partial charge is 0.508 e. The number of phenols is 4. The van der Waals surface area contributed by atoms with Crippen molar-refractivity contribution in [2.75, 3.05) is 14.2 Å². The molecule has 10 heteroatoms. The normalized spacial score (nSPS) is 21.0. The highest BCUT2D eigenvalue weighted by Gasteiger charge is 2.53. The van der Waals surface area contributed by atoms with Crippen LogP contribution in [0.15, 0.2) is 72.8 Å². The number of rotatable bonds is 5. The van der Waals surface area contributed by atoms with Crippen molar-refractivity contribution in [1.82, 2.24) is 0 Å². The number of carbonyl (C=O) groups is 2. The van der Waals surface area contributed by atoms with Crippen molar-refractivity contribution in [1.29, 1.82) is 0 Å². The van der Waals surface area contributed by atoms with E-state index in [9.17, 15) is 30.0 Å². The maximum Gasteiger partial charge on any atom is 0.178 e. The first kappa shape index (κ1) is 26.8. The molecule has 10 nitrogen and oxygen atoms in total. The van der Waals surface area contributed by atoms with Crippen LogP contribution in [0.25, 0.3) is 0 Å². The van der Waals surface area contributed by atoms with Gasteiger partial charge in [0.05, 0.1) is 26.1 Å². The van der Waals surface area contributed by atoms with Crippen LogP contribution in [0.3, 0.4) is 0 Å². The number of Topliss-reactive ketones (excluding diaryl/α,β-unsaturated/α-hetero) is 2. The third-order valence-corrected chi connectivity index (χ3v) is 7.67. The summed E-state index contributed by atoms with van der Waals surface area (Å²) in [6.45, 7) is 0. The van der Waals surface area contributed by atoms with Gasteiger partial charge in [0, 0.05) is 24.3 Å². The summed E-state index contributed by atoms with van der Waals surface area (Å²) in [4.78, 5) is 28.7. The molecule has 2 heterocycles. The fourth-order valence-corrected chi connectivity index (χ4v) is 5.72. The maximum atomic E-state index is 14.4. The van der Waals surface area contributed by atoms with Crippen LogP contribution < -0.4 is 18.9 Å². The van der Waals surface area contributed by atoms with Gasteiger partial charge in [0.2, 0.25) is 0 Å². The summed E-state index contributed by atoms with van der Waals surface area (Å²) < 4.78 is 23.1. The van der Waals surface area contributed by atoms with E-state index in [0.29, 0.717) is 22.6 Å². The average molecular weight is 571 g/mol. The molecule has 0 bridgehead atoms. The molecule has 214 valence electrons. The number of ether oxygens (including phenoxy) is 4. The number of benzene rings is 4. The van der Waals surface area contributed by atoms with Gasteiger partial charge in [0.15, 0.2) is 11.6 Å². The SMILES string of the molecule is COc1ccc([C@H]2Oc3cc(O)cc(O)c3C(=O)[C@H]2[C@@H]2C(=O)c3c(O)cc(O)cc3O[C@H]2c2ccc(OC)cc2)cc1. The van der Waals surface area contributed by atoms with Crippen LogP contribution in [0.2, 0.25) is 0 Å². The summed E-state index contributed by atoms with van der Waals surface area (Å²) in [7, 11) is 3.03. The smallest absolute Gasteiger partial charge is 0.178 e. The summed E-state index contributed by atoms with van der Waals surface area (Å²) in [5, 5.41) is 41.7. The lowest BCUT2D eigenvalue weighted by Gasteiger charge is -2.42. The van der Waals surface area contributed by atoms with Crippen molar-refractivity contribution in [3.8, 4) is 46.0 Å². The number of phenolic OH excluding ortho intramolecular Hbond substituents is 4. The van der Waals surface area contributed by atoms with E-state index in [1.54, 1.807) is 48.5 Å². The number of fused-ring (bicyclic) bond motifs is 2. The molecule has 42 heavy (non-hydrogen) atoms. The standard InChI is InChI=1S/C32H26O10/c1-39-19-7-3-15(4-8-19)31-27(29(37)25-21(35)11-17(33)13-23(25)41-31)28-30(38)26-22(36)12-18(34)14-24(26)42-32(28)16-5-9-20(40-2)10-6-16/h3-14,27-28,31-36H,1-2H3/t27-,28-,31-,32+/m1/s1. The van der Waals surface area contributed by atoms with E-state index in [1.807, 2.05) is 0 Å². The number of hydrogen-bond donors (Lipinski definition) is 4. The van der Waals surface area contributed by atoms with Crippen LogP contribution in [-0.2, 0) is 0 Å². The van der Waals surface area contributed by atoms with E-state index in [4.69, 9.17) is 18.9 Å². The topological polar surface area (TPSA) is 152 Å². The number of aromatic hydroxyl groups is 4. The van der Waals surface area contributed by atoms with E-state index >= 15 is 0 Å². The van der Waals surface area contributed by atoms with Crippen LogP contribution in [0.1, 0.15) is 44.1 Å². The lowest BCUT2D eigenvalue weighted by molar-refractivity contribution is 0.0129. The Bertz CT molecular complexity index is 1570. The Balaban J connectivity index is 1.57. The molecule has 0 saturated heterocycles. The number of carbonyl (C=O) groups excluding carboxylic acids is 2. The van der Waals surface area contributed by atoms with E-state index in [2.05, 4.69) is 0 Å². The lowest BCUT2D eigenvalue weighted by Crippen LogP contribution is -2.45. The van der Waals surface area contributed by atoms with Crippen molar-refractivity contribution in [3.05, 3.63) is 95.1 Å². The molecule has 4 aromatic rings. The molecule has 0 aliphatic carbocycles. The number of ketones is 2. The molecule has 4 atom stereocenters. The second-order valence-electron chi connectivity index (χ2n) is 10.1. The second kappa shape index (κ2) is 10.2. The summed E-state index contributed by atoms with van der Waals surface area (Å²) in [6.07, 6.45) is -2.15. The molecule has 0 aromatic heterocycles. The second-order valence-corrected chi connectivity index (χ2v) is 10.1. The zero-order chi connectivity index (χ0) is 29.7. The van der Waals surface area contributed by atoms with Crippen molar-refractivity contribution in [2.45, 2.75) is 12.2 Å². The van der Waals surface area contributed by atoms with Gasteiger partial charge in [0.25, 0.3) is 0 Å². The first-order valence-electron chi connectivity index (χ1n) is 13.0. The molecule has 0 fully saturated rings. The minimum Gasteiger partial charge on any atom is -0.508 e. The molecular weight excluding hydrogens is 544 g/mol. The van der Waals surface area contributed by atoms with Gasteiger partial charge in [-0.05, 0) is 35.4 Å². The summed E-state index contributed by atoms with van der Waals surface area (Å²) >= 11 is 0. The molecule has 2 aliphatic heterocycles. The van der Waals surface area contributed by atoms with Gasteiger partial charge in [-0.15, -0.1) is 0 Å². The van der Waals surface area contributed by atoms with E-state index < -0.39 is 47.1 Å². The Morgan fingerprint density at radius 1 is 0.571 bits per heavy atom. The van der Waals surface area contributed by atoms with Crippen molar-refractivity contribution < 1.29 is 49.0 Å². The Labute approximate surface area is 239 Å². The first-order valence-corrected chi connectivity index (χ1v) is 13.0. The molecule has 0 spiro atoms. The van der Waals surface area contributed by atoms with Gasteiger partial charge in [-0.1, -0.05) is 24.3 Å². The highest BCUT2D eigenvalue weighted by Crippen LogP contribution is 2.53. The molecule has 0 radical (unpaired) electrons. The predicted molar refractivity (Wildman–Crippen MR) is 148 cm³/mol. The number of methoxy groups -OCH3 is 2. The monoisotopic (exact) mass is 570 g/mol. The van der Waals surface area contributed by atoms with Crippen LogP contribution in [0, 0.1) is 11.8 Å². The quantitative estimate of drug-likeness (QED) is 0.255. The van der Waals surface area contributed by atoms with E-state index in [0.717, 1.165) is 12.1 Å². The van der Waals surface area contributed by atoms with Gasteiger partial charge in [-0.2, -0.15) is 0 Å². The third kappa shape index (κ3) is 4.37. The first-order chi connectivity index (χ1) is 20.2. The Morgan fingerprint density at radius 3 is 1.26 bits per heavy atom. The maximum absolute atomic E-state index is 14.4. The molecular formula is C32H26O10. The minimum absolute atomic E-state index is 0.0482. The van der Waals surface area contributed by atoms with Crippen LogP contribution in [0.4, 0.5) is 0 Å². The Hall–Kier alpha value is -5.38. The van der Waals surface area contributed by atoms with Gasteiger partial charge in [-0.3, -0.25) is 9.59 Å². The summed E-state index contributed by atoms with van der Waals surface area (Å²) in [5.74, 6) is -4.37. The zero-order valence-electron chi connectivity index (χ0n) is 22.5.